The van der Waals surface area contributed by atoms with Crippen molar-refractivity contribution in [3.8, 4) is 11.3 Å². The molecule has 33 heavy (non-hydrogen) atoms. The highest BCUT2D eigenvalue weighted by Gasteiger charge is 2.47. The molecule has 0 unspecified atom stereocenters. The van der Waals surface area contributed by atoms with Crippen LogP contribution in [0.3, 0.4) is 0 Å². The minimum absolute atomic E-state index is 0.147. The summed E-state index contributed by atoms with van der Waals surface area (Å²) in [7, 11) is 0. The molecule has 1 spiro atoms. The first-order valence-corrected chi connectivity index (χ1v) is 10.6. The Labute approximate surface area is 187 Å². The van der Waals surface area contributed by atoms with Gasteiger partial charge in [-0.1, -0.05) is 6.07 Å². The van der Waals surface area contributed by atoms with Crippen LogP contribution in [0.2, 0.25) is 0 Å². The second kappa shape index (κ2) is 7.75. The van der Waals surface area contributed by atoms with Crippen LogP contribution in [0.1, 0.15) is 29.7 Å². The lowest BCUT2D eigenvalue weighted by Gasteiger charge is -2.23. The van der Waals surface area contributed by atoms with Gasteiger partial charge in [-0.2, -0.15) is 18.3 Å². The summed E-state index contributed by atoms with van der Waals surface area (Å²) in [6.07, 6.45) is 1.70. The smallest absolute Gasteiger partial charge is 0.383 e. The average molecular weight is 457 g/mol. The van der Waals surface area contributed by atoms with E-state index < -0.39 is 17.6 Å². The second-order valence-electron chi connectivity index (χ2n) is 8.51. The Balaban J connectivity index is 1.33. The molecule has 8 nitrogen and oxygen atoms in total. The molecule has 2 amide bonds. The summed E-state index contributed by atoms with van der Waals surface area (Å²) in [5, 5.41) is 7.45. The molecule has 0 saturated carbocycles. The van der Waals surface area contributed by atoms with E-state index in [1.165, 1.54) is 6.20 Å². The molecule has 2 aliphatic rings. The number of fused-ring (bicyclic) bond motifs is 2. The Morgan fingerprint density at radius 1 is 1.21 bits per heavy atom. The number of rotatable bonds is 3. The lowest BCUT2D eigenvalue weighted by atomic mass is 9.82. The summed E-state index contributed by atoms with van der Waals surface area (Å²) in [5.74, 6) is -0.557. The molecule has 2 aliphatic heterocycles. The molecule has 0 bridgehead atoms. The van der Waals surface area contributed by atoms with E-state index in [-0.39, 0.29) is 17.0 Å². The zero-order valence-corrected chi connectivity index (χ0v) is 17.6. The SMILES string of the molecule is Nc1ncc(-c2cc3n(n2)CC[C@@]32CCN(C(=O)NCc3cccnc3)C2)cc1C(F)(F)F. The molecule has 0 aromatic carbocycles. The van der Waals surface area contributed by atoms with Crippen LogP contribution in [0.5, 0.6) is 0 Å². The number of nitrogens with zero attached hydrogens (tertiary/aromatic N) is 5. The van der Waals surface area contributed by atoms with Crippen LogP contribution >= 0.6 is 0 Å². The van der Waals surface area contributed by atoms with Gasteiger partial charge in [0.05, 0.1) is 11.3 Å². The molecule has 3 aromatic rings. The Morgan fingerprint density at radius 2 is 2.03 bits per heavy atom. The Kier molecular flexibility index (Phi) is 4.98. The predicted molar refractivity (Wildman–Crippen MR) is 114 cm³/mol. The van der Waals surface area contributed by atoms with Crippen molar-refractivity contribution in [3.63, 3.8) is 0 Å². The van der Waals surface area contributed by atoms with Crippen molar-refractivity contribution >= 4 is 11.8 Å². The third kappa shape index (κ3) is 3.87. The van der Waals surface area contributed by atoms with Crippen LogP contribution in [-0.2, 0) is 24.7 Å². The summed E-state index contributed by atoms with van der Waals surface area (Å²) in [6, 6.07) is 6.37. The zero-order chi connectivity index (χ0) is 23.2. The van der Waals surface area contributed by atoms with Gasteiger partial charge in [-0.25, -0.2) is 9.78 Å². The van der Waals surface area contributed by atoms with E-state index in [0.717, 1.165) is 30.2 Å². The molecule has 0 radical (unpaired) electrons. The average Bonchev–Trinajstić information content (AvgIpc) is 3.49. The van der Waals surface area contributed by atoms with E-state index >= 15 is 0 Å². The van der Waals surface area contributed by atoms with Gasteiger partial charge in [-0.3, -0.25) is 9.67 Å². The van der Waals surface area contributed by atoms with Crippen LogP contribution in [-0.4, -0.2) is 43.8 Å². The van der Waals surface area contributed by atoms with E-state index in [9.17, 15) is 18.0 Å². The van der Waals surface area contributed by atoms with Gasteiger partial charge in [-0.15, -0.1) is 0 Å². The van der Waals surface area contributed by atoms with E-state index in [4.69, 9.17) is 5.73 Å². The minimum Gasteiger partial charge on any atom is -0.383 e. The number of carbonyl (C=O) groups is 1. The summed E-state index contributed by atoms with van der Waals surface area (Å²) < 4.78 is 41.6. The maximum absolute atomic E-state index is 13.2. The number of nitrogen functional groups attached to an aromatic ring is 1. The van der Waals surface area contributed by atoms with E-state index in [1.807, 2.05) is 22.9 Å². The summed E-state index contributed by atoms with van der Waals surface area (Å²) >= 11 is 0. The highest BCUT2D eigenvalue weighted by molar-refractivity contribution is 5.75. The number of pyridine rings is 2. The van der Waals surface area contributed by atoms with Gasteiger partial charge in [0.15, 0.2) is 0 Å². The molecule has 5 heterocycles. The number of nitrogens with one attached hydrogen (secondary N) is 1. The van der Waals surface area contributed by atoms with Crippen molar-refractivity contribution in [2.24, 2.45) is 0 Å². The van der Waals surface area contributed by atoms with Crippen molar-refractivity contribution in [2.75, 3.05) is 18.8 Å². The van der Waals surface area contributed by atoms with Crippen LogP contribution < -0.4 is 11.1 Å². The number of aryl methyl sites for hydroxylation is 1. The number of halogens is 3. The molecule has 172 valence electrons. The van der Waals surface area contributed by atoms with Crippen LogP contribution in [0.25, 0.3) is 11.3 Å². The first-order valence-electron chi connectivity index (χ1n) is 10.6. The molecule has 1 saturated heterocycles. The topological polar surface area (TPSA) is 102 Å². The Bertz CT molecular complexity index is 1190. The molecule has 1 atom stereocenters. The molecule has 0 aliphatic carbocycles. The normalized spacial score (nSPS) is 19.8. The number of aromatic nitrogens is 4. The molecular weight excluding hydrogens is 435 g/mol. The van der Waals surface area contributed by atoms with Crippen LogP contribution in [0.4, 0.5) is 23.8 Å². The maximum Gasteiger partial charge on any atom is 0.419 e. The number of hydrogen-bond donors (Lipinski definition) is 2. The summed E-state index contributed by atoms with van der Waals surface area (Å²) in [4.78, 5) is 22.3. The standard InChI is InChI=1S/C22H22F3N7O/c23-22(24,25)16-8-15(12-28-19(16)26)17-9-18-21(4-7-32(18)30-17)3-6-31(13-21)20(33)29-11-14-2-1-5-27-10-14/h1-2,5,8-10,12H,3-4,6-7,11,13H2,(H2,26,28)(H,29,33)/t21-/m1/s1. The lowest BCUT2D eigenvalue weighted by molar-refractivity contribution is -0.137. The first-order chi connectivity index (χ1) is 15.7. The predicted octanol–water partition coefficient (Wildman–Crippen LogP) is 3.20. The number of anilines is 1. The maximum atomic E-state index is 13.2. The molecule has 5 rings (SSSR count). The second-order valence-corrected chi connectivity index (χ2v) is 8.51. The van der Waals surface area contributed by atoms with Crippen molar-refractivity contribution in [3.05, 3.63) is 59.7 Å². The number of alkyl halides is 3. The largest absolute Gasteiger partial charge is 0.419 e. The molecule has 11 heteroatoms. The highest BCUT2D eigenvalue weighted by atomic mass is 19.4. The minimum atomic E-state index is -4.59. The monoisotopic (exact) mass is 457 g/mol. The van der Waals surface area contributed by atoms with Gasteiger partial charge in [-0.05, 0) is 36.6 Å². The van der Waals surface area contributed by atoms with Gasteiger partial charge >= 0.3 is 12.2 Å². The van der Waals surface area contributed by atoms with Crippen molar-refractivity contribution < 1.29 is 18.0 Å². The van der Waals surface area contributed by atoms with E-state index in [0.29, 0.717) is 31.9 Å². The highest BCUT2D eigenvalue weighted by Crippen LogP contribution is 2.44. The van der Waals surface area contributed by atoms with Gasteiger partial charge in [0.25, 0.3) is 0 Å². The number of hydrogen-bond acceptors (Lipinski definition) is 5. The van der Waals surface area contributed by atoms with Gasteiger partial charge in [0.1, 0.15) is 5.82 Å². The number of carbonyl (C=O) groups excluding carboxylic acids is 1. The van der Waals surface area contributed by atoms with Crippen molar-refractivity contribution in [1.29, 1.82) is 0 Å². The molecule has 1 fully saturated rings. The number of amides is 2. The van der Waals surface area contributed by atoms with Gasteiger partial charge in [0, 0.05) is 61.4 Å². The van der Waals surface area contributed by atoms with Crippen molar-refractivity contribution in [1.82, 2.24) is 30.0 Å². The summed E-state index contributed by atoms with van der Waals surface area (Å²) in [5.41, 5.74) is 6.72. The number of urea groups is 1. The fraction of sp³-hybridized carbons (Fsp3) is 0.364. The van der Waals surface area contributed by atoms with E-state index in [1.54, 1.807) is 17.3 Å². The third-order valence-corrected chi connectivity index (χ3v) is 6.45. The lowest BCUT2D eigenvalue weighted by Crippen LogP contribution is -2.40. The fourth-order valence-electron chi connectivity index (χ4n) is 4.70. The van der Waals surface area contributed by atoms with Crippen LogP contribution in [0.15, 0.2) is 42.9 Å². The Hall–Kier alpha value is -3.63. The van der Waals surface area contributed by atoms with Gasteiger partial charge in [0.2, 0.25) is 0 Å². The number of likely N-dealkylation sites (tertiary alicyclic amines) is 1. The summed E-state index contributed by atoms with van der Waals surface area (Å²) in [6.45, 7) is 2.17. The first kappa shape index (κ1) is 21.2. The van der Waals surface area contributed by atoms with Gasteiger partial charge < -0.3 is 16.0 Å². The third-order valence-electron chi connectivity index (χ3n) is 6.45. The molecule has 3 aromatic heterocycles. The van der Waals surface area contributed by atoms with E-state index in [2.05, 4.69) is 20.4 Å². The number of nitrogens with two attached hydrogens (primary N) is 1. The Morgan fingerprint density at radius 3 is 2.79 bits per heavy atom. The molecular formula is C22H22F3N7O. The van der Waals surface area contributed by atoms with Crippen molar-refractivity contribution in [2.45, 2.75) is 37.5 Å². The fourth-order valence-corrected chi connectivity index (χ4v) is 4.70. The van der Waals surface area contributed by atoms with Crippen LogP contribution in [0, 0.1) is 0 Å². The molecule has 3 N–H and O–H groups in total. The quantitative estimate of drug-likeness (QED) is 0.629. The zero-order valence-electron chi connectivity index (χ0n) is 17.6.